The van der Waals surface area contributed by atoms with E-state index in [9.17, 15) is 14.0 Å². The van der Waals surface area contributed by atoms with E-state index in [4.69, 9.17) is 0 Å². The Balaban J connectivity index is 1.71. The van der Waals surface area contributed by atoms with Gasteiger partial charge in [-0.05, 0) is 42.7 Å². The Morgan fingerprint density at radius 1 is 1.21 bits per heavy atom. The highest BCUT2D eigenvalue weighted by molar-refractivity contribution is 6.13. The Morgan fingerprint density at radius 2 is 1.92 bits per heavy atom. The molecule has 3 rings (SSSR count). The quantitative estimate of drug-likeness (QED) is 0.876. The van der Waals surface area contributed by atoms with Crippen LogP contribution in [0.2, 0.25) is 0 Å². The van der Waals surface area contributed by atoms with Crippen LogP contribution in [0.3, 0.4) is 0 Å². The number of amides is 2. The third kappa shape index (κ3) is 3.15. The molecule has 124 valence electrons. The van der Waals surface area contributed by atoms with Crippen LogP contribution in [0.1, 0.15) is 18.9 Å². The highest BCUT2D eigenvalue weighted by Gasteiger charge is 2.37. The van der Waals surface area contributed by atoms with Crippen LogP contribution in [-0.4, -0.2) is 18.4 Å². The minimum absolute atomic E-state index is 0.0982. The van der Waals surface area contributed by atoms with Gasteiger partial charge in [-0.15, -0.1) is 0 Å². The number of nitrogens with one attached hydrogen (secondary N) is 1. The molecule has 2 aromatic carbocycles. The second-order valence-electron chi connectivity index (χ2n) is 5.82. The lowest BCUT2D eigenvalue weighted by atomic mass is 10.1. The second-order valence-corrected chi connectivity index (χ2v) is 5.82. The van der Waals surface area contributed by atoms with Crippen molar-refractivity contribution >= 4 is 23.2 Å². The molecule has 0 aromatic heterocycles. The number of hydrogen-bond donors (Lipinski definition) is 1. The Hall–Kier alpha value is -2.69. The van der Waals surface area contributed by atoms with E-state index < -0.39 is 17.6 Å². The molecule has 1 atom stereocenters. The lowest BCUT2D eigenvalue weighted by molar-refractivity contribution is -0.129. The molecule has 2 aromatic rings. The van der Waals surface area contributed by atoms with Crippen molar-refractivity contribution in [3.8, 4) is 0 Å². The number of carbonyl (C=O) groups is 2. The fourth-order valence-electron chi connectivity index (χ4n) is 2.87. The molecule has 0 radical (unpaired) electrons. The molecule has 4 nitrogen and oxygen atoms in total. The molecule has 1 fully saturated rings. The summed E-state index contributed by atoms with van der Waals surface area (Å²) in [6.45, 7) is 2.55. The summed E-state index contributed by atoms with van der Waals surface area (Å²) >= 11 is 0. The van der Waals surface area contributed by atoms with Crippen molar-refractivity contribution in [2.24, 2.45) is 5.92 Å². The van der Waals surface area contributed by atoms with Crippen LogP contribution in [0.4, 0.5) is 15.8 Å². The van der Waals surface area contributed by atoms with Gasteiger partial charge in [-0.1, -0.05) is 31.2 Å². The summed E-state index contributed by atoms with van der Waals surface area (Å²) in [4.78, 5) is 26.5. The van der Waals surface area contributed by atoms with E-state index in [2.05, 4.69) is 12.2 Å². The number of benzene rings is 2. The topological polar surface area (TPSA) is 49.4 Å². The fourth-order valence-corrected chi connectivity index (χ4v) is 2.87. The molecule has 1 aliphatic heterocycles. The lowest BCUT2D eigenvalue weighted by Gasteiger charge is -2.17. The Morgan fingerprint density at radius 3 is 2.58 bits per heavy atom. The highest BCUT2D eigenvalue weighted by atomic mass is 19.1. The summed E-state index contributed by atoms with van der Waals surface area (Å²) in [5.74, 6) is -2.00. The number of carbonyl (C=O) groups excluding carboxylic acids is 2. The van der Waals surface area contributed by atoms with E-state index in [1.807, 2.05) is 24.3 Å². The first-order valence-corrected chi connectivity index (χ1v) is 8.06. The van der Waals surface area contributed by atoms with Gasteiger partial charge >= 0.3 is 0 Å². The number of aryl methyl sites for hydroxylation is 1. The van der Waals surface area contributed by atoms with Crippen LogP contribution < -0.4 is 10.2 Å². The van der Waals surface area contributed by atoms with Gasteiger partial charge in [0.1, 0.15) is 11.7 Å². The van der Waals surface area contributed by atoms with E-state index in [-0.39, 0.29) is 11.6 Å². The zero-order chi connectivity index (χ0) is 17.1. The lowest BCUT2D eigenvalue weighted by Crippen LogP contribution is -2.33. The maximum Gasteiger partial charge on any atom is 0.239 e. The average Bonchev–Trinajstić information content (AvgIpc) is 2.98. The minimum Gasteiger partial charge on any atom is -0.323 e. The predicted octanol–water partition coefficient (Wildman–Crippen LogP) is 3.38. The average molecular weight is 326 g/mol. The molecule has 24 heavy (non-hydrogen) atoms. The number of hydrogen-bond acceptors (Lipinski definition) is 2. The van der Waals surface area contributed by atoms with Crippen molar-refractivity contribution in [1.82, 2.24) is 0 Å². The zero-order valence-corrected chi connectivity index (χ0v) is 13.5. The van der Waals surface area contributed by atoms with Gasteiger partial charge in [-0.3, -0.25) is 9.59 Å². The maximum atomic E-state index is 13.6. The number of rotatable bonds is 4. The van der Waals surface area contributed by atoms with E-state index in [0.717, 1.165) is 12.1 Å². The van der Waals surface area contributed by atoms with Crippen LogP contribution in [0.25, 0.3) is 0 Å². The molecule has 1 heterocycles. The standard InChI is InChI=1S/C19H19FN2O2/c1-2-13-7-9-14(10-8-13)22-12-11-15(19(22)24)18(23)21-17-6-4-3-5-16(17)20/h3-10,15H,2,11-12H2,1H3,(H,21,23)/t15-/m1/s1. The molecule has 2 amide bonds. The molecule has 0 bridgehead atoms. The second kappa shape index (κ2) is 6.83. The first kappa shape index (κ1) is 16.2. The monoisotopic (exact) mass is 326 g/mol. The summed E-state index contributed by atoms with van der Waals surface area (Å²) in [5.41, 5.74) is 2.08. The molecule has 0 aliphatic carbocycles. The summed E-state index contributed by atoms with van der Waals surface area (Å²) < 4.78 is 13.6. The van der Waals surface area contributed by atoms with Crippen molar-refractivity contribution in [2.75, 3.05) is 16.8 Å². The Labute approximate surface area is 140 Å². The number of anilines is 2. The van der Waals surface area contributed by atoms with Crippen LogP contribution >= 0.6 is 0 Å². The molecule has 5 heteroatoms. The van der Waals surface area contributed by atoms with Crippen molar-refractivity contribution in [1.29, 1.82) is 0 Å². The molecule has 1 saturated heterocycles. The number of para-hydroxylation sites is 1. The van der Waals surface area contributed by atoms with Crippen molar-refractivity contribution in [3.05, 3.63) is 59.9 Å². The van der Waals surface area contributed by atoms with Crippen LogP contribution in [0.5, 0.6) is 0 Å². The largest absolute Gasteiger partial charge is 0.323 e. The summed E-state index contributed by atoms with van der Waals surface area (Å²) in [7, 11) is 0. The highest BCUT2D eigenvalue weighted by Crippen LogP contribution is 2.27. The Kier molecular flexibility index (Phi) is 4.60. The number of halogens is 1. The van der Waals surface area contributed by atoms with Gasteiger partial charge in [0.15, 0.2) is 0 Å². The van der Waals surface area contributed by atoms with Crippen molar-refractivity contribution in [2.45, 2.75) is 19.8 Å². The van der Waals surface area contributed by atoms with Crippen molar-refractivity contribution in [3.63, 3.8) is 0 Å². The van der Waals surface area contributed by atoms with Gasteiger partial charge in [0, 0.05) is 12.2 Å². The molecule has 1 aliphatic rings. The van der Waals surface area contributed by atoms with E-state index in [0.29, 0.717) is 13.0 Å². The maximum absolute atomic E-state index is 13.6. The number of nitrogens with zero attached hydrogens (tertiary/aromatic N) is 1. The van der Waals surface area contributed by atoms with Gasteiger partial charge in [-0.2, -0.15) is 0 Å². The van der Waals surface area contributed by atoms with Crippen LogP contribution in [0, 0.1) is 11.7 Å². The molecule has 0 saturated carbocycles. The molecule has 0 spiro atoms. The molecular weight excluding hydrogens is 307 g/mol. The fraction of sp³-hybridized carbons (Fsp3) is 0.263. The summed E-state index contributed by atoms with van der Waals surface area (Å²) in [6, 6.07) is 13.7. The third-order valence-corrected chi connectivity index (χ3v) is 4.31. The minimum atomic E-state index is -0.782. The summed E-state index contributed by atoms with van der Waals surface area (Å²) in [6.07, 6.45) is 1.36. The normalized spacial score (nSPS) is 17.2. The van der Waals surface area contributed by atoms with Crippen LogP contribution in [-0.2, 0) is 16.0 Å². The first-order valence-electron chi connectivity index (χ1n) is 8.06. The smallest absolute Gasteiger partial charge is 0.239 e. The van der Waals surface area contributed by atoms with Crippen molar-refractivity contribution < 1.29 is 14.0 Å². The first-order chi connectivity index (χ1) is 11.6. The van der Waals surface area contributed by atoms with Gasteiger partial charge in [-0.25, -0.2) is 4.39 Å². The molecule has 0 unspecified atom stereocenters. The van der Waals surface area contributed by atoms with Gasteiger partial charge in [0.2, 0.25) is 11.8 Å². The van der Waals surface area contributed by atoms with E-state index in [1.54, 1.807) is 17.0 Å². The zero-order valence-electron chi connectivity index (χ0n) is 13.5. The molecule has 1 N–H and O–H groups in total. The summed E-state index contributed by atoms with van der Waals surface area (Å²) in [5, 5.41) is 2.51. The Bertz CT molecular complexity index is 758. The van der Waals surface area contributed by atoms with Gasteiger partial charge in [0.25, 0.3) is 0 Å². The predicted molar refractivity (Wildman–Crippen MR) is 91.3 cm³/mol. The van der Waals surface area contributed by atoms with Gasteiger partial charge in [0.05, 0.1) is 5.69 Å². The third-order valence-electron chi connectivity index (χ3n) is 4.31. The molecular formula is C19H19FN2O2. The SMILES string of the molecule is CCc1ccc(N2CC[C@H](C(=O)Nc3ccccc3F)C2=O)cc1. The van der Waals surface area contributed by atoms with Gasteiger partial charge < -0.3 is 10.2 Å². The van der Waals surface area contributed by atoms with Crippen LogP contribution in [0.15, 0.2) is 48.5 Å². The van der Waals surface area contributed by atoms with E-state index in [1.165, 1.54) is 17.7 Å². The van der Waals surface area contributed by atoms with E-state index >= 15 is 0 Å².